The smallest absolute Gasteiger partial charge is 0.338 e. The number of carbonyl (C=O) groups excluding carboxylic acids is 4. The van der Waals surface area contributed by atoms with Crippen molar-refractivity contribution in [2.75, 3.05) is 23.4 Å². The van der Waals surface area contributed by atoms with Gasteiger partial charge in [-0.25, -0.2) is 14.5 Å². The SMILES string of the molecule is CCOC(=O)c1ccc(NC(=O)CN2C(=O)N(c3ccccc3)C(=O)C3OC4CCCCC4C32)cc1. The summed E-state index contributed by atoms with van der Waals surface area (Å²) in [6.45, 7) is 1.79. The number of ether oxygens (including phenoxy) is 2. The van der Waals surface area contributed by atoms with E-state index in [1.807, 2.05) is 6.07 Å². The van der Waals surface area contributed by atoms with Gasteiger partial charge >= 0.3 is 12.0 Å². The summed E-state index contributed by atoms with van der Waals surface area (Å²) in [6, 6.07) is 14.1. The number of para-hydroxylation sites is 1. The molecule has 2 heterocycles. The van der Waals surface area contributed by atoms with Crippen LogP contribution in [0.25, 0.3) is 0 Å². The van der Waals surface area contributed by atoms with Crippen LogP contribution in [0.15, 0.2) is 54.6 Å². The third kappa shape index (κ3) is 4.46. The van der Waals surface area contributed by atoms with Gasteiger partial charge in [-0.3, -0.25) is 9.59 Å². The van der Waals surface area contributed by atoms with Gasteiger partial charge in [0.05, 0.1) is 30.0 Å². The van der Waals surface area contributed by atoms with Gasteiger partial charge in [-0.05, 0) is 56.2 Å². The zero-order valence-corrected chi connectivity index (χ0v) is 20.1. The molecule has 0 bridgehead atoms. The Hall–Kier alpha value is -3.72. The molecule has 5 rings (SSSR count). The predicted octanol–water partition coefficient (Wildman–Crippen LogP) is 3.60. The summed E-state index contributed by atoms with van der Waals surface area (Å²) >= 11 is 0. The van der Waals surface area contributed by atoms with E-state index in [1.165, 1.54) is 4.90 Å². The van der Waals surface area contributed by atoms with E-state index < -0.39 is 30.1 Å². The highest BCUT2D eigenvalue weighted by Crippen LogP contribution is 2.43. The van der Waals surface area contributed by atoms with Gasteiger partial charge in [0, 0.05) is 11.6 Å². The van der Waals surface area contributed by atoms with Gasteiger partial charge < -0.3 is 19.7 Å². The maximum absolute atomic E-state index is 13.7. The van der Waals surface area contributed by atoms with Crippen LogP contribution in [0.4, 0.5) is 16.2 Å². The normalized spacial score (nSPS) is 25.2. The Bertz CT molecular complexity index is 1150. The summed E-state index contributed by atoms with van der Waals surface area (Å²) in [7, 11) is 0. The molecular weight excluding hydrogens is 462 g/mol. The number of carbonyl (C=O) groups is 4. The molecule has 2 aromatic rings. The molecule has 0 aromatic heterocycles. The van der Waals surface area contributed by atoms with Gasteiger partial charge in [-0.2, -0.15) is 0 Å². The molecule has 9 heteroatoms. The van der Waals surface area contributed by atoms with Crippen LogP contribution in [0.5, 0.6) is 0 Å². The molecule has 2 aliphatic heterocycles. The molecule has 1 saturated carbocycles. The number of rotatable bonds is 6. The fraction of sp³-hybridized carbons (Fsp3) is 0.407. The Morgan fingerprint density at radius 1 is 1.03 bits per heavy atom. The lowest BCUT2D eigenvalue weighted by molar-refractivity contribution is -0.133. The first-order valence-corrected chi connectivity index (χ1v) is 12.4. The minimum absolute atomic E-state index is 0.0197. The van der Waals surface area contributed by atoms with E-state index in [2.05, 4.69) is 5.32 Å². The molecule has 36 heavy (non-hydrogen) atoms. The first-order chi connectivity index (χ1) is 17.5. The molecule has 4 amide bonds. The molecule has 3 aliphatic rings. The zero-order chi connectivity index (χ0) is 25.2. The standard InChI is InChI=1S/C27H29N3O6/c1-2-35-26(33)17-12-14-18(15-13-17)28-22(31)16-29-23-20-10-6-7-11-21(20)36-24(23)25(32)30(27(29)34)19-8-4-3-5-9-19/h3-5,8-9,12-15,20-21,23-24H,2,6-7,10-11,16H2,1H3,(H,28,31). The summed E-state index contributed by atoms with van der Waals surface area (Å²) in [5.74, 6) is -1.19. The molecule has 3 fully saturated rings. The van der Waals surface area contributed by atoms with Gasteiger partial charge in [0.15, 0.2) is 6.10 Å². The van der Waals surface area contributed by atoms with Crippen LogP contribution in [-0.2, 0) is 19.1 Å². The van der Waals surface area contributed by atoms with Crippen LogP contribution in [0, 0.1) is 5.92 Å². The highest BCUT2D eigenvalue weighted by atomic mass is 16.5. The number of imide groups is 1. The van der Waals surface area contributed by atoms with Crippen molar-refractivity contribution >= 4 is 35.2 Å². The maximum atomic E-state index is 13.7. The monoisotopic (exact) mass is 491 g/mol. The number of hydrogen-bond acceptors (Lipinski definition) is 6. The maximum Gasteiger partial charge on any atom is 0.338 e. The van der Waals surface area contributed by atoms with Gasteiger partial charge in [-0.15, -0.1) is 0 Å². The van der Waals surface area contributed by atoms with E-state index in [1.54, 1.807) is 55.5 Å². The average Bonchev–Trinajstić information content (AvgIpc) is 3.28. The van der Waals surface area contributed by atoms with Crippen molar-refractivity contribution in [3.8, 4) is 0 Å². The van der Waals surface area contributed by atoms with Crippen LogP contribution in [0.2, 0.25) is 0 Å². The molecule has 4 atom stereocenters. The lowest BCUT2D eigenvalue weighted by Crippen LogP contribution is -2.65. The Morgan fingerprint density at radius 3 is 2.47 bits per heavy atom. The van der Waals surface area contributed by atoms with Gasteiger partial charge in [0.2, 0.25) is 5.91 Å². The van der Waals surface area contributed by atoms with E-state index in [0.29, 0.717) is 16.9 Å². The molecule has 1 N–H and O–H groups in total. The number of nitrogens with one attached hydrogen (secondary N) is 1. The van der Waals surface area contributed by atoms with Crippen molar-refractivity contribution in [1.82, 2.24) is 4.90 Å². The number of hydrogen-bond donors (Lipinski definition) is 1. The summed E-state index contributed by atoms with van der Waals surface area (Å²) < 4.78 is 11.2. The largest absolute Gasteiger partial charge is 0.462 e. The Morgan fingerprint density at radius 2 is 1.75 bits per heavy atom. The minimum Gasteiger partial charge on any atom is -0.462 e. The van der Waals surface area contributed by atoms with Crippen molar-refractivity contribution in [2.45, 2.75) is 50.9 Å². The second-order valence-electron chi connectivity index (χ2n) is 9.30. The fourth-order valence-electron chi connectivity index (χ4n) is 5.50. The molecule has 1 aliphatic carbocycles. The quantitative estimate of drug-likeness (QED) is 0.619. The number of fused-ring (bicyclic) bond motifs is 3. The van der Waals surface area contributed by atoms with Crippen molar-refractivity contribution in [3.63, 3.8) is 0 Å². The molecular formula is C27H29N3O6. The number of urea groups is 1. The third-order valence-electron chi connectivity index (χ3n) is 7.09. The number of anilines is 2. The van der Waals surface area contributed by atoms with E-state index in [4.69, 9.17) is 9.47 Å². The second-order valence-corrected chi connectivity index (χ2v) is 9.30. The highest BCUT2D eigenvalue weighted by Gasteiger charge is 2.58. The van der Waals surface area contributed by atoms with E-state index in [0.717, 1.165) is 30.6 Å². The highest BCUT2D eigenvalue weighted by molar-refractivity contribution is 6.18. The summed E-state index contributed by atoms with van der Waals surface area (Å²) in [6.07, 6.45) is 2.83. The van der Waals surface area contributed by atoms with Crippen LogP contribution < -0.4 is 10.2 Å². The first-order valence-electron chi connectivity index (χ1n) is 12.4. The Labute approximate surface area is 209 Å². The van der Waals surface area contributed by atoms with Crippen molar-refractivity contribution < 1.29 is 28.7 Å². The van der Waals surface area contributed by atoms with Crippen LogP contribution in [0.1, 0.15) is 43.0 Å². The van der Waals surface area contributed by atoms with E-state index >= 15 is 0 Å². The van der Waals surface area contributed by atoms with Crippen LogP contribution in [-0.4, -0.2) is 60.1 Å². The van der Waals surface area contributed by atoms with Gasteiger partial charge in [0.25, 0.3) is 5.91 Å². The summed E-state index contributed by atoms with van der Waals surface area (Å²) in [5, 5.41) is 2.80. The average molecular weight is 492 g/mol. The number of benzene rings is 2. The van der Waals surface area contributed by atoms with Gasteiger partial charge in [0.1, 0.15) is 6.54 Å². The van der Waals surface area contributed by atoms with Crippen molar-refractivity contribution in [3.05, 3.63) is 60.2 Å². The number of esters is 1. The molecule has 0 spiro atoms. The van der Waals surface area contributed by atoms with Crippen LogP contribution >= 0.6 is 0 Å². The number of nitrogens with zero attached hydrogens (tertiary/aromatic N) is 2. The molecule has 4 unspecified atom stereocenters. The second kappa shape index (κ2) is 10.1. The number of amides is 4. The molecule has 188 valence electrons. The summed E-state index contributed by atoms with van der Waals surface area (Å²) in [5.41, 5.74) is 1.32. The predicted molar refractivity (Wildman–Crippen MR) is 131 cm³/mol. The Kier molecular flexibility index (Phi) is 6.73. The Balaban J connectivity index is 1.37. The third-order valence-corrected chi connectivity index (χ3v) is 7.09. The lowest BCUT2D eigenvalue weighted by Gasteiger charge is -2.42. The van der Waals surface area contributed by atoms with Crippen molar-refractivity contribution in [1.29, 1.82) is 0 Å². The molecule has 2 aromatic carbocycles. The topological polar surface area (TPSA) is 105 Å². The van der Waals surface area contributed by atoms with Crippen molar-refractivity contribution in [2.24, 2.45) is 5.92 Å². The van der Waals surface area contributed by atoms with Gasteiger partial charge in [-0.1, -0.05) is 31.0 Å². The molecule has 2 saturated heterocycles. The minimum atomic E-state index is -0.798. The first kappa shape index (κ1) is 24.0. The fourth-order valence-corrected chi connectivity index (χ4v) is 5.50. The molecule has 9 nitrogen and oxygen atoms in total. The van der Waals surface area contributed by atoms with E-state index in [-0.39, 0.29) is 31.1 Å². The lowest BCUT2D eigenvalue weighted by atomic mass is 9.81. The summed E-state index contributed by atoms with van der Waals surface area (Å²) in [4.78, 5) is 54.7. The van der Waals surface area contributed by atoms with Crippen LogP contribution in [0.3, 0.4) is 0 Å². The molecule has 0 radical (unpaired) electrons. The zero-order valence-electron chi connectivity index (χ0n) is 20.1. The van der Waals surface area contributed by atoms with E-state index in [9.17, 15) is 19.2 Å².